The quantitative estimate of drug-likeness (QED) is 0.234. The Kier molecular flexibility index (Phi) is 5.90. The van der Waals surface area contributed by atoms with Crippen LogP contribution in [0.3, 0.4) is 0 Å². The number of nitrogens with zero attached hydrogens (tertiary/aromatic N) is 1. The summed E-state index contributed by atoms with van der Waals surface area (Å²) in [5.74, 6) is 0.514. The number of nitrogens with one attached hydrogen (secondary N) is 1. The fourth-order valence-corrected chi connectivity index (χ4v) is 5.07. The van der Waals surface area contributed by atoms with Crippen molar-refractivity contribution in [2.24, 2.45) is 5.10 Å². The first-order valence-electron chi connectivity index (χ1n) is 11.3. The third-order valence-electron chi connectivity index (χ3n) is 6.07. The minimum Gasteiger partial charge on any atom is -0.453 e. The number of hydrogen-bond acceptors (Lipinski definition) is 6. The zero-order valence-electron chi connectivity index (χ0n) is 19.4. The van der Waals surface area contributed by atoms with Crippen LogP contribution in [0.2, 0.25) is 0 Å². The Hall–Kier alpha value is -3.91. The molecule has 4 aromatic rings. The van der Waals surface area contributed by atoms with Crippen molar-refractivity contribution in [2.75, 3.05) is 0 Å². The SMILES string of the molecule is Cc1ccc(S(=O)(=O)N/N=C2\CCCc3oc(C(=O)Oc4ccc5ccccc5c4)c(C)c32)cc1. The molecular formula is C27H24N2O5S. The van der Waals surface area contributed by atoms with Gasteiger partial charge in [0.05, 0.1) is 10.6 Å². The molecule has 0 saturated carbocycles. The van der Waals surface area contributed by atoms with Crippen molar-refractivity contribution < 1.29 is 22.4 Å². The zero-order valence-corrected chi connectivity index (χ0v) is 20.2. The van der Waals surface area contributed by atoms with Crippen LogP contribution in [0.15, 0.2) is 81.1 Å². The van der Waals surface area contributed by atoms with Gasteiger partial charge in [0.2, 0.25) is 5.76 Å². The Labute approximate surface area is 203 Å². The van der Waals surface area contributed by atoms with E-state index in [0.717, 1.165) is 22.8 Å². The molecule has 0 aliphatic heterocycles. The number of carbonyl (C=O) groups excluding carboxylic acids is 1. The lowest BCUT2D eigenvalue weighted by atomic mass is 9.93. The van der Waals surface area contributed by atoms with Crippen LogP contribution in [0.1, 0.15) is 45.8 Å². The second-order valence-corrected chi connectivity index (χ2v) is 10.2. The second kappa shape index (κ2) is 9.03. The lowest BCUT2D eigenvalue weighted by Gasteiger charge is -2.14. The van der Waals surface area contributed by atoms with Crippen molar-refractivity contribution in [1.29, 1.82) is 0 Å². The Morgan fingerprint density at radius 2 is 1.71 bits per heavy atom. The van der Waals surface area contributed by atoms with Gasteiger partial charge in [0.25, 0.3) is 10.0 Å². The summed E-state index contributed by atoms with van der Waals surface area (Å²) in [6.07, 6.45) is 1.91. The summed E-state index contributed by atoms with van der Waals surface area (Å²) < 4.78 is 36.8. The lowest BCUT2D eigenvalue weighted by Crippen LogP contribution is -2.22. The van der Waals surface area contributed by atoms with E-state index in [4.69, 9.17) is 9.15 Å². The van der Waals surface area contributed by atoms with E-state index in [-0.39, 0.29) is 10.7 Å². The minimum atomic E-state index is -3.82. The first kappa shape index (κ1) is 22.9. The molecule has 178 valence electrons. The van der Waals surface area contributed by atoms with Gasteiger partial charge < -0.3 is 9.15 Å². The number of hydrazone groups is 1. The van der Waals surface area contributed by atoms with Crippen molar-refractivity contribution in [3.05, 3.63) is 94.9 Å². The van der Waals surface area contributed by atoms with E-state index in [2.05, 4.69) is 9.93 Å². The summed E-state index contributed by atoms with van der Waals surface area (Å²) in [5, 5.41) is 6.22. The molecule has 1 N–H and O–H groups in total. The van der Waals surface area contributed by atoms with Crippen LogP contribution < -0.4 is 9.57 Å². The molecule has 35 heavy (non-hydrogen) atoms. The molecule has 0 fully saturated rings. The van der Waals surface area contributed by atoms with E-state index in [0.29, 0.717) is 41.2 Å². The molecule has 0 atom stereocenters. The monoisotopic (exact) mass is 488 g/mol. The number of rotatable bonds is 5. The van der Waals surface area contributed by atoms with Gasteiger partial charge in [-0.15, -0.1) is 0 Å². The number of esters is 1. The number of aryl methyl sites for hydroxylation is 2. The number of benzene rings is 3. The van der Waals surface area contributed by atoms with Crippen molar-refractivity contribution in [2.45, 2.75) is 38.0 Å². The molecule has 1 heterocycles. The van der Waals surface area contributed by atoms with Gasteiger partial charge in [0, 0.05) is 17.5 Å². The molecule has 1 aliphatic carbocycles. The van der Waals surface area contributed by atoms with Crippen molar-refractivity contribution in [3.63, 3.8) is 0 Å². The first-order chi connectivity index (χ1) is 16.8. The highest BCUT2D eigenvalue weighted by Crippen LogP contribution is 2.31. The van der Waals surface area contributed by atoms with Gasteiger partial charge in [-0.1, -0.05) is 48.0 Å². The molecule has 0 saturated heterocycles. The molecule has 8 heteroatoms. The maximum atomic E-state index is 13.0. The van der Waals surface area contributed by atoms with Gasteiger partial charge in [-0.2, -0.15) is 18.4 Å². The molecule has 0 amide bonds. The summed E-state index contributed by atoms with van der Waals surface area (Å²) >= 11 is 0. The molecule has 3 aromatic carbocycles. The Balaban J connectivity index is 1.40. The van der Waals surface area contributed by atoms with E-state index in [1.54, 1.807) is 31.2 Å². The largest absolute Gasteiger partial charge is 0.453 e. The molecule has 1 aromatic heterocycles. The summed E-state index contributed by atoms with van der Waals surface area (Å²) in [6.45, 7) is 3.65. The fourth-order valence-electron chi connectivity index (χ4n) is 4.24. The van der Waals surface area contributed by atoms with Gasteiger partial charge >= 0.3 is 5.97 Å². The number of carbonyl (C=O) groups is 1. The first-order valence-corrected chi connectivity index (χ1v) is 12.8. The number of hydrogen-bond donors (Lipinski definition) is 1. The number of furan rings is 1. The molecule has 5 rings (SSSR count). The van der Waals surface area contributed by atoms with E-state index >= 15 is 0 Å². The van der Waals surface area contributed by atoms with Crippen LogP contribution in [-0.2, 0) is 16.4 Å². The van der Waals surface area contributed by atoms with Crippen LogP contribution in [0.5, 0.6) is 5.75 Å². The van der Waals surface area contributed by atoms with Crippen LogP contribution in [0.4, 0.5) is 0 Å². The summed E-state index contributed by atoms with van der Waals surface area (Å²) in [5.41, 5.74) is 2.74. The third kappa shape index (κ3) is 4.57. The van der Waals surface area contributed by atoms with E-state index in [9.17, 15) is 13.2 Å². The van der Waals surface area contributed by atoms with Gasteiger partial charge in [-0.3, -0.25) is 0 Å². The van der Waals surface area contributed by atoms with Crippen molar-refractivity contribution >= 4 is 32.5 Å². The lowest BCUT2D eigenvalue weighted by molar-refractivity contribution is 0.0698. The smallest absolute Gasteiger partial charge is 0.379 e. The molecular weight excluding hydrogens is 464 g/mol. The van der Waals surface area contributed by atoms with Gasteiger partial charge in [-0.25, -0.2) is 4.79 Å². The van der Waals surface area contributed by atoms with Gasteiger partial charge in [0.1, 0.15) is 11.5 Å². The maximum absolute atomic E-state index is 13.0. The maximum Gasteiger partial charge on any atom is 0.379 e. The average Bonchev–Trinajstić information content (AvgIpc) is 3.20. The molecule has 0 spiro atoms. The van der Waals surface area contributed by atoms with Crippen molar-refractivity contribution in [3.8, 4) is 5.75 Å². The van der Waals surface area contributed by atoms with Crippen LogP contribution >= 0.6 is 0 Å². The standard InChI is InChI=1S/C27H24N2O5S/c1-17-10-14-22(15-11-17)35(31,32)29-28-23-8-5-9-24-25(23)18(2)26(34-24)27(30)33-21-13-12-19-6-3-4-7-20(19)16-21/h3-4,6-7,10-16,29H,5,8-9H2,1-2H3/b28-23+. The third-order valence-corrected chi connectivity index (χ3v) is 7.30. The Morgan fingerprint density at radius 3 is 2.49 bits per heavy atom. The number of sulfonamides is 1. The summed E-state index contributed by atoms with van der Waals surface area (Å²) in [6, 6.07) is 19.8. The molecule has 1 aliphatic rings. The van der Waals surface area contributed by atoms with Gasteiger partial charge in [-0.05, 0) is 61.7 Å². The summed E-state index contributed by atoms with van der Waals surface area (Å²) in [4.78, 5) is 15.4. The molecule has 0 unspecified atom stereocenters. The number of ether oxygens (including phenoxy) is 1. The van der Waals surface area contributed by atoms with Crippen LogP contribution in [0.25, 0.3) is 10.8 Å². The van der Waals surface area contributed by atoms with E-state index < -0.39 is 16.0 Å². The molecule has 0 bridgehead atoms. The predicted octanol–water partition coefficient (Wildman–Crippen LogP) is 5.29. The Morgan fingerprint density at radius 1 is 0.971 bits per heavy atom. The molecule has 0 radical (unpaired) electrons. The normalized spacial score (nSPS) is 14.6. The van der Waals surface area contributed by atoms with E-state index in [1.807, 2.05) is 37.3 Å². The number of fused-ring (bicyclic) bond motifs is 2. The van der Waals surface area contributed by atoms with Gasteiger partial charge in [0.15, 0.2) is 0 Å². The van der Waals surface area contributed by atoms with Crippen LogP contribution in [-0.4, -0.2) is 20.1 Å². The Bertz CT molecular complexity index is 1570. The van der Waals surface area contributed by atoms with Crippen molar-refractivity contribution in [1.82, 2.24) is 4.83 Å². The predicted molar refractivity (Wildman–Crippen MR) is 133 cm³/mol. The minimum absolute atomic E-state index is 0.0964. The summed E-state index contributed by atoms with van der Waals surface area (Å²) in [7, 11) is -3.82. The highest BCUT2D eigenvalue weighted by Gasteiger charge is 2.29. The topological polar surface area (TPSA) is 98.0 Å². The average molecular weight is 489 g/mol. The fraction of sp³-hybridized carbons (Fsp3) is 0.185. The van der Waals surface area contributed by atoms with E-state index in [1.165, 1.54) is 12.1 Å². The van der Waals surface area contributed by atoms with Crippen LogP contribution in [0, 0.1) is 13.8 Å². The zero-order chi connectivity index (χ0) is 24.6. The molecule has 7 nitrogen and oxygen atoms in total. The highest BCUT2D eigenvalue weighted by atomic mass is 32.2. The second-order valence-electron chi connectivity index (χ2n) is 8.57. The highest BCUT2D eigenvalue weighted by molar-refractivity contribution is 7.89.